The van der Waals surface area contributed by atoms with Crippen molar-refractivity contribution in [2.24, 2.45) is 5.92 Å². The summed E-state index contributed by atoms with van der Waals surface area (Å²) in [5.41, 5.74) is 0.187. The molecule has 1 aliphatic heterocycles. The van der Waals surface area contributed by atoms with E-state index in [4.69, 9.17) is 4.74 Å². The van der Waals surface area contributed by atoms with Gasteiger partial charge in [0.05, 0.1) is 23.0 Å². The maximum atomic E-state index is 12.7. The van der Waals surface area contributed by atoms with E-state index in [9.17, 15) is 18.5 Å². The minimum Gasteiger partial charge on any atom is -0.379 e. The van der Waals surface area contributed by atoms with E-state index in [2.05, 4.69) is 12.2 Å². The molecule has 1 saturated heterocycles. The van der Waals surface area contributed by atoms with Gasteiger partial charge in [0.25, 0.3) is 5.69 Å². The zero-order valence-electron chi connectivity index (χ0n) is 14.9. The second-order valence-electron chi connectivity index (χ2n) is 6.97. The zero-order valence-corrected chi connectivity index (χ0v) is 15.7. The first-order valence-electron chi connectivity index (χ1n) is 9.02. The van der Waals surface area contributed by atoms with E-state index in [1.807, 2.05) is 0 Å². The Labute approximate surface area is 153 Å². The molecule has 2 atom stereocenters. The van der Waals surface area contributed by atoms with Crippen molar-refractivity contribution in [2.75, 3.05) is 31.6 Å². The Kier molecular flexibility index (Phi) is 5.79. The number of anilines is 1. The van der Waals surface area contributed by atoms with Gasteiger partial charge in [-0.15, -0.1) is 0 Å². The highest BCUT2D eigenvalue weighted by Crippen LogP contribution is 2.33. The Balaban J connectivity index is 1.88. The predicted octanol–water partition coefficient (Wildman–Crippen LogP) is 2.61. The Morgan fingerprint density at radius 1 is 1.23 bits per heavy atom. The molecule has 2 fully saturated rings. The molecule has 1 aromatic carbocycles. The lowest BCUT2D eigenvalue weighted by molar-refractivity contribution is -0.384. The molecule has 2 aliphatic rings. The first-order valence-corrected chi connectivity index (χ1v) is 10.5. The smallest absolute Gasteiger partial charge is 0.293 e. The van der Waals surface area contributed by atoms with Crippen LogP contribution in [0.1, 0.15) is 32.6 Å². The number of sulfonamides is 1. The molecular weight excluding hydrogens is 358 g/mol. The second-order valence-corrected chi connectivity index (χ2v) is 8.90. The predicted molar refractivity (Wildman–Crippen MR) is 97.7 cm³/mol. The van der Waals surface area contributed by atoms with Crippen molar-refractivity contribution >= 4 is 21.4 Å². The molecule has 1 N–H and O–H groups in total. The van der Waals surface area contributed by atoms with E-state index in [1.54, 1.807) is 0 Å². The summed E-state index contributed by atoms with van der Waals surface area (Å²) in [5, 5.41) is 14.8. The lowest BCUT2D eigenvalue weighted by atomic mass is 9.86. The summed E-state index contributed by atoms with van der Waals surface area (Å²) >= 11 is 0. The van der Waals surface area contributed by atoms with Crippen LogP contribution in [0.15, 0.2) is 23.1 Å². The van der Waals surface area contributed by atoms with Gasteiger partial charge in [0.15, 0.2) is 0 Å². The van der Waals surface area contributed by atoms with Gasteiger partial charge in [-0.1, -0.05) is 19.8 Å². The number of nitro benzene ring substituents is 1. The molecule has 1 saturated carbocycles. The lowest BCUT2D eigenvalue weighted by Crippen LogP contribution is -2.40. The third-order valence-electron chi connectivity index (χ3n) is 5.23. The van der Waals surface area contributed by atoms with Crippen molar-refractivity contribution in [1.82, 2.24) is 4.31 Å². The van der Waals surface area contributed by atoms with Gasteiger partial charge in [0, 0.05) is 25.2 Å². The number of benzene rings is 1. The van der Waals surface area contributed by atoms with E-state index in [1.165, 1.54) is 28.9 Å². The Bertz CT molecular complexity index is 762. The summed E-state index contributed by atoms with van der Waals surface area (Å²) in [7, 11) is -3.76. The van der Waals surface area contributed by atoms with Gasteiger partial charge in [-0.3, -0.25) is 10.1 Å². The highest BCUT2D eigenvalue weighted by molar-refractivity contribution is 7.89. The van der Waals surface area contributed by atoms with Crippen LogP contribution in [0.4, 0.5) is 11.4 Å². The van der Waals surface area contributed by atoms with Crippen LogP contribution in [0.5, 0.6) is 0 Å². The van der Waals surface area contributed by atoms with Crippen LogP contribution in [-0.4, -0.2) is 50.0 Å². The van der Waals surface area contributed by atoms with E-state index < -0.39 is 14.9 Å². The van der Waals surface area contributed by atoms with Crippen molar-refractivity contribution < 1.29 is 18.1 Å². The van der Waals surface area contributed by atoms with Gasteiger partial charge in [-0.25, -0.2) is 8.42 Å². The summed E-state index contributed by atoms with van der Waals surface area (Å²) in [6, 6.07) is 4.31. The second kappa shape index (κ2) is 7.89. The molecule has 1 aromatic rings. The summed E-state index contributed by atoms with van der Waals surface area (Å²) in [6.45, 7) is 3.33. The Morgan fingerprint density at radius 2 is 1.92 bits per heavy atom. The molecule has 0 bridgehead atoms. The monoisotopic (exact) mass is 383 g/mol. The quantitative estimate of drug-likeness (QED) is 0.619. The van der Waals surface area contributed by atoms with Crippen molar-refractivity contribution in [3.63, 3.8) is 0 Å². The molecule has 0 radical (unpaired) electrons. The maximum Gasteiger partial charge on any atom is 0.293 e. The van der Waals surface area contributed by atoms with E-state index >= 15 is 0 Å². The normalized spacial score (nSPS) is 25.0. The Hall–Kier alpha value is -1.71. The molecule has 0 amide bonds. The number of hydrogen-bond donors (Lipinski definition) is 1. The van der Waals surface area contributed by atoms with Crippen LogP contribution < -0.4 is 5.32 Å². The molecule has 8 nitrogen and oxygen atoms in total. The first-order chi connectivity index (χ1) is 12.4. The molecule has 3 rings (SSSR count). The molecule has 1 aliphatic carbocycles. The first kappa shape index (κ1) is 19.1. The van der Waals surface area contributed by atoms with Crippen LogP contribution in [0.3, 0.4) is 0 Å². The van der Waals surface area contributed by atoms with Crippen molar-refractivity contribution in [2.45, 2.75) is 43.5 Å². The highest BCUT2D eigenvalue weighted by Gasteiger charge is 2.30. The zero-order chi connectivity index (χ0) is 18.7. The average molecular weight is 383 g/mol. The standard InChI is InChI=1S/C17H25N3O5S/c1-13-4-2-3-5-15(13)18-16-7-6-14(12-17(16)20(21)22)26(23,24)19-8-10-25-11-9-19/h6-7,12-13,15,18H,2-5,8-11H2,1H3/t13-,15-/m1/s1. The molecular formula is C17H25N3O5S. The fourth-order valence-corrected chi connectivity index (χ4v) is 5.04. The fraction of sp³-hybridized carbons (Fsp3) is 0.647. The number of nitrogens with one attached hydrogen (secondary N) is 1. The van der Waals surface area contributed by atoms with E-state index in [0.717, 1.165) is 19.3 Å². The van der Waals surface area contributed by atoms with Crippen molar-refractivity contribution in [3.8, 4) is 0 Å². The van der Waals surface area contributed by atoms with Crippen LogP contribution in [0, 0.1) is 16.0 Å². The van der Waals surface area contributed by atoms with Gasteiger partial charge in [-0.05, 0) is 30.9 Å². The van der Waals surface area contributed by atoms with Crippen LogP contribution >= 0.6 is 0 Å². The highest BCUT2D eigenvalue weighted by atomic mass is 32.2. The van der Waals surface area contributed by atoms with Crippen LogP contribution in [-0.2, 0) is 14.8 Å². The largest absolute Gasteiger partial charge is 0.379 e. The fourth-order valence-electron chi connectivity index (χ4n) is 3.61. The Morgan fingerprint density at radius 3 is 2.58 bits per heavy atom. The summed E-state index contributed by atoms with van der Waals surface area (Å²) in [5.74, 6) is 0.431. The SMILES string of the molecule is C[C@@H]1CCCC[C@H]1Nc1ccc(S(=O)(=O)N2CCOCC2)cc1[N+](=O)[O-]. The molecule has 9 heteroatoms. The minimum atomic E-state index is -3.76. The third-order valence-corrected chi connectivity index (χ3v) is 7.12. The summed E-state index contributed by atoms with van der Waals surface area (Å²) in [6.07, 6.45) is 4.33. The third kappa shape index (κ3) is 3.99. The topological polar surface area (TPSA) is 102 Å². The molecule has 1 heterocycles. The van der Waals surface area contributed by atoms with Gasteiger partial charge >= 0.3 is 0 Å². The molecule has 144 valence electrons. The average Bonchev–Trinajstić information content (AvgIpc) is 2.64. The molecule has 0 aromatic heterocycles. The lowest BCUT2D eigenvalue weighted by Gasteiger charge is -2.30. The number of nitro groups is 1. The summed E-state index contributed by atoms with van der Waals surface area (Å²) in [4.78, 5) is 11.0. The van der Waals surface area contributed by atoms with Gasteiger partial charge in [0.1, 0.15) is 5.69 Å². The number of ether oxygens (including phenoxy) is 1. The van der Waals surface area contributed by atoms with E-state index in [0.29, 0.717) is 24.8 Å². The molecule has 26 heavy (non-hydrogen) atoms. The van der Waals surface area contributed by atoms with Gasteiger partial charge < -0.3 is 10.1 Å². The number of morpholine rings is 1. The van der Waals surface area contributed by atoms with Crippen molar-refractivity contribution in [3.05, 3.63) is 28.3 Å². The number of rotatable bonds is 5. The molecule has 0 unspecified atom stereocenters. The number of hydrogen-bond acceptors (Lipinski definition) is 6. The number of nitrogens with zero attached hydrogens (tertiary/aromatic N) is 2. The minimum absolute atomic E-state index is 0.0478. The maximum absolute atomic E-state index is 12.7. The van der Waals surface area contributed by atoms with E-state index in [-0.39, 0.29) is 29.7 Å². The van der Waals surface area contributed by atoms with Gasteiger partial charge in [0.2, 0.25) is 10.0 Å². The van der Waals surface area contributed by atoms with Crippen molar-refractivity contribution in [1.29, 1.82) is 0 Å². The molecule has 0 spiro atoms. The summed E-state index contributed by atoms with van der Waals surface area (Å²) < 4.78 is 32.0. The van der Waals surface area contributed by atoms with Gasteiger partial charge in [-0.2, -0.15) is 4.31 Å². The van der Waals surface area contributed by atoms with Crippen LogP contribution in [0.2, 0.25) is 0 Å². The van der Waals surface area contributed by atoms with Crippen LogP contribution in [0.25, 0.3) is 0 Å².